The van der Waals surface area contributed by atoms with Gasteiger partial charge in [0.05, 0.1) is 12.7 Å². The highest BCUT2D eigenvalue weighted by molar-refractivity contribution is 9.10. The average Bonchev–Trinajstić information content (AvgIpc) is 2.08. The lowest BCUT2D eigenvalue weighted by molar-refractivity contribution is 0.145. The summed E-state index contributed by atoms with van der Waals surface area (Å²) in [6.07, 6.45) is -1.13. The second-order valence-electron chi connectivity index (χ2n) is 2.45. The maximum atomic E-state index is 12.5. The third-order valence-corrected chi connectivity index (χ3v) is 2.50. The molecule has 0 aromatic carbocycles. The number of pyridine rings is 1. The quantitative estimate of drug-likeness (QED) is 0.806. The van der Waals surface area contributed by atoms with Crippen LogP contribution in [0.25, 0.3) is 0 Å². The van der Waals surface area contributed by atoms with E-state index in [0.29, 0.717) is 10.0 Å². The van der Waals surface area contributed by atoms with Crippen LogP contribution in [0.4, 0.5) is 8.78 Å². The largest absolute Gasteiger partial charge is 0.481 e. The molecule has 0 amide bonds. The van der Waals surface area contributed by atoms with Crippen molar-refractivity contribution in [1.29, 1.82) is 0 Å². The summed E-state index contributed by atoms with van der Waals surface area (Å²) < 4.78 is 30.3. The van der Waals surface area contributed by atoms with Crippen LogP contribution >= 0.6 is 15.9 Å². The van der Waals surface area contributed by atoms with Crippen molar-refractivity contribution in [3.63, 3.8) is 0 Å². The van der Waals surface area contributed by atoms with E-state index in [0.717, 1.165) is 0 Å². The van der Waals surface area contributed by atoms with E-state index in [1.807, 2.05) is 0 Å². The molecule has 0 fully saturated rings. The van der Waals surface area contributed by atoms with Crippen LogP contribution < -0.4 is 4.74 Å². The predicted molar refractivity (Wildman–Crippen MR) is 48.2 cm³/mol. The van der Waals surface area contributed by atoms with Gasteiger partial charge in [0.2, 0.25) is 5.88 Å². The number of hydrogen-bond donors (Lipinski definition) is 0. The van der Waals surface area contributed by atoms with Gasteiger partial charge >= 0.3 is 0 Å². The van der Waals surface area contributed by atoms with Crippen molar-refractivity contribution in [2.75, 3.05) is 7.11 Å². The minimum absolute atomic E-state index is 0.0179. The van der Waals surface area contributed by atoms with Crippen LogP contribution in [0.15, 0.2) is 10.7 Å². The van der Waals surface area contributed by atoms with Gasteiger partial charge in [0.25, 0.3) is 6.43 Å². The van der Waals surface area contributed by atoms with Gasteiger partial charge in [-0.15, -0.1) is 0 Å². The molecular formula is C8H8BrF2NO. The molecule has 1 aromatic rings. The fraction of sp³-hybridized carbons (Fsp3) is 0.375. The maximum Gasteiger partial charge on any atom is 0.269 e. The minimum Gasteiger partial charge on any atom is -0.481 e. The Hall–Kier alpha value is -0.710. The third-order valence-electron chi connectivity index (χ3n) is 1.70. The van der Waals surface area contributed by atoms with Crippen molar-refractivity contribution in [3.05, 3.63) is 21.8 Å². The Morgan fingerprint density at radius 2 is 2.15 bits per heavy atom. The molecule has 0 N–H and O–H groups in total. The monoisotopic (exact) mass is 251 g/mol. The van der Waals surface area contributed by atoms with Gasteiger partial charge in [0.1, 0.15) is 0 Å². The molecule has 0 unspecified atom stereocenters. The Balaban J connectivity index is 3.32. The lowest BCUT2D eigenvalue weighted by Crippen LogP contribution is -1.99. The highest BCUT2D eigenvalue weighted by Crippen LogP contribution is 2.33. The summed E-state index contributed by atoms with van der Waals surface area (Å²) in [5.41, 5.74) is 0.304. The van der Waals surface area contributed by atoms with Gasteiger partial charge in [0, 0.05) is 10.7 Å². The third kappa shape index (κ3) is 1.96. The summed E-state index contributed by atoms with van der Waals surface area (Å²) in [5, 5.41) is 0. The van der Waals surface area contributed by atoms with Crippen LogP contribution in [0.3, 0.4) is 0 Å². The summed E-state index contributed by atoms with van der Waals surface area (Å²) in [4.78, 5) is 3.73. The van der Waals surface area contributed by atoms with Crippen molar-refractivity contribution in [1.82, 2.24) is 4.98 Å². The molecule has 0 saturated carbocycles. The Kier molecular flexibility index (Phi) is 3.19. The first-order valence-corrected chi connectivity index (χ1v) is 4.34. The molecule has 0 saturated heterocycles. The molecule has 72 valence electrons. The lowest BCUT2D eigenvalue weighted by Gasteiger charge is -2.10. The summed E-state index contributed by atoms with van der Waals surface area (Å²) in [6, 6.07) is 0. The van der Waals surface area contributed by atoms with Crippen molar-refractivity contribution in [2.45, 2.75) is 13.3 Å². The van der Waals surface area contributed by atoms with E-state index < -0.39 is 6.43 Å². The fourth-order valence-corrected chi connectivity index (χ4v) is 1.31. The first-order valence-electron chi connectivity index (χ1n) is 3.55. The molecule has 0 atom stereocenters. The van der Waals surface area contributed by atoms with E-state index in [9.17, 15) is 8.78 Å². The molecule has 1 aromatic heterocycles. The van der Waals surface area contributed by atoms with E-state index in [4.69, 9.17) is 4.74 Å². The highest BCUT2D eigenvalue weighted by Gasteiger charge is 2.19. The first kappa shape index (κ1) is 10.4. The molecule has 0 aliphatic heterocycles. The summed E-state index contributed by atoms with van der Waals surface area (Å²) in [5.74, 6) is -0.0179. The highest BCUT2D eigenvalue weighted by atomic mass is 79.9. The number of methoxy groups -OCH3 is 1. The van der Waals surface area contributed by atoms with E-state index in [2.05, 4.69) is 20.9 Å². The molecule has 0 radical (unpaired) electrons. The maximum absolute atomic E-state index is 12.5. The Morgan fingerprint density at radius 1 is 1.54 bits per heavy atom. The Bertz CT molecular complexity index is 317. The van der Waals surface area contributed by atoms with Crippen LogP contribution in [0.2, 0.25) is 0 Å². The van der Waals surface area contributed by atoms with Crippen LogP contribution in [-0.2, 0) is 0 Å². The molecule has 0 aliphatic rings. The van der Waals surface area contributed by atoms with Gasteiger partial charge in [-0.2, -0.15) is 0 Å². The van der Waals surface area contributed by atoms with Gasteiger partial charge < -0.3 is 4.74 Å². The van der Waals surface area contributed by atoms with Crippen LogP contribution in [0.1, 0.15) is 17.6 Å². The number of halogens is 3. The Labute approximate surface area is 83.1 Å². The van der Waals surface area contributed by atoms with Crippen molar-refractivity contribution < 1.29 is 13.5 Å². The molecule has 1 rings (SSSR count). The van der Waals surface area contributed by atoms with Gasteiger partial charge in [-0.3, -0.25) is 0 Å². The first-order chi connectivity index (χ1) is 6.07. The molecule has 1 heterocycles. The summed E-state index contributed by atoms with van der Waals surface area (Å²) in [7, 11) is 1.32. The number of ether oxygens (including phenoxy) is 1. The molecule has 0 bridgehead atoms. The number of aromatic nitrogens is 1. The van der Waals surface area contributed by atoms with Crippen LogP contribution in [0, 0.1) is 6.92 Å². The zero-order valence-electron chi connectivity index (χ0n) is 7.14. The second-order valence-corrected chi connectivity index (χ2v) is 3.31. The average molecular weight is 252 g/mol. The molecule has 13 heavy (non-hydrogen) atoms. The van der Waals surface area contributed by atoms with Gasteiger partial charge in [0.15, 0.2) is 0 Å². The van der Waals surface area contributed by atoms with Crippen LogP contribution in [0.5, 0.6) is 5.88 Å². The van der Waals surface area contributed by atoms with Gasteiger partial charge in [-0.05, 0) is 28.4 Å². The van der Waals surface area contributed by atoms with E-state index in [-0.39, 0.29) is 11.4 Å². The molecule has 2 nitrogen and oxygen atoms in total. The van der Waals surface area contributed by atoms with E-state index in [1.165, 1.54) is 13.3 Å². The van der Waals surface area contributed by atoms with Crippen molar-refractivity contribution >= 4 is 15.9 Å². The zero-order chi connectivity index (χ0) is 10.0. The van der Waals surface area contributed by atoms with E-state index in [1.54, 1.807) is 6.92 Å². The van der Waals surface area contributed by atoms with Crippen molar-refractivity contribution in [2.24, 2.45) is 0 Å². The number of alkyl halides is 2. The summed E-state index contributed by atoms with van der Waals surface area (Å²) in [6.45, 7) is 1.59. The molecule has 0 aliphatic carbocycles. The lowest BCUT2D eigenvalue weighted by atomic mass is 10.1. The normalized spacial score (nSPS) is 10.6. The summed E-state index contributed by atoms with van der Waals surface area (Å²) >= 11 is 3.13. The molecule has 0 spiro atoms. The molecule has 5 heteroatoms. The van der Waals surface area contributed by atoms with E-state index >= 15 is 0 Å². The predicted octanol–water partition coefficient (Wildman–Crippen LogP) is 3.10. The topological polar surface area (TPSA) is 22.1 Å². The van der Waals surface area contributed by atoms with Crippen molar-refractivity contribution in [3.8, 4) is 5.88 Å². The second kappa shape index (κ2) is 4.00. The standard InChI is InChI=1S/C8H8BrF2NO/c1-4-5(9)3-12-8(13-2)6(4)7(10)11/h3,7H,1-2H3. The Morgan fingerprint density at radius 3 is 2.62 bits per heavy atom. The molecular weight excluding hydrogens is 244 g/mol. The SMILES string of the molecule is COc1ncc(Br)c(C)c1C(F)F. The number of nitrogens with zero attached hydrogens (tertiary/aromatic N) is 1. The number of rotatable bonds is 2. The van der Waals surface area contributed by atoms with Gasteiger partial charge in [-0.25, -0.2) is 13.8 Å². The van der Waals surface area contributed by atoms with Gasteiger partial charge in [-0.1, -0.05) is 0 Å². The number of hydrogen-bond acceptors (Lipinski definition) is 2. The zero-order valence-corrected chi connectivity index (χ0v) is 8.73. The smallest absolute Gasteiger partial charge is 0.269 e. The minimum atomic E-state index is -2.57. The fourth-order valence-electron chi connectivity index (χ4n) is 0.990. The van der Waals surface area contributed by atoms with Crippen LogP contribution in [-0.4, -0.2) is 12.1 Å².